The molecule has 0 atom stereocenters. The van der Waals surface area contributed by atoms with Gasteiger partial charge in [0.2, 0.25) is 0 Å². The number of nitro benzene ring substituents is 1. The Hall–Kier alpha value is -2.81. The summed E-state index contributed by atoms with van der Waals surface area (Å²) in [5, 5.41) is 10.8. The van der Waals surface area contributed by atoms with E-state index in [1.807, 2.05) is 0 Å². The Bertz CT molecular complexity index is 802. The number of rotatable bonds is 5. The van der Waals surface area contributed by atoms with E-state index in [1.54, 1.807) is 0 Å². The molecule has 0 saturated heterocycles. The molecule has 0 amide bonds. The Labute approximate surface area is 126 Å². The zero-order valence-corrected chi connectivity index (χ0v) is 12.2. The second-order valence-corrected chi connectivity index (χ2v) is 5.74. The molecule has 0 aliphatic rings. The van der Waals surface area contributed by atoms with Crippen LogP contribution in [0.2, 0.25) is 0 Å². The van der Waals surface area contributed by atoms with Crippen LogP contribution in [0, 0.1) is 10.1 Å². The summed E-state index contributed by atoms with van der Waals surface area (Å²) in [6, 6.07) is 8.99. The van der Waals surface area contributed by atoms with Crippen molar-refractivity contribution in [1.29, 1.82) is 0 Å². The normalized spacial score (nSPS) is 11.0. The van der Waals surface area contributed by atoms with Crippen molar-refractivity contribution in [3.63, 3.8) is 0 Å². The summed E-state index contributed by atoms with van der Waals surface area (Å²) >= 11 is 0. The summed E-state index contributed by atoms with van der Waals surface area (Å²) in [7, 11) is -2.73. The summed E-state index contributed by atoms with van der Waals surface area (Å²) in [6.45, 7) is 0. The van der Waals surface area contributed by atoms with Crippen molar-refractivity contribution in [3.8, 4) is 11.5 Å². The van der Waals surface area contributed by atoms with Crippen molar-refractivity contribution in [3.05, 3.63) is 52.6 Å². The molecule has 0 aromatic heterocycles. The molecule has 0 heterocycles. The maximum absolute atomic E-state index is 12.1. The fourth-order valence-electron chi connectivity index (χ4n) is 1.64. The number of nitrogen functional groups attached to an aromatic ring is 1. The van der Waals surface area contributed by atoms with Crippen molar-refractivity contribution >= 4 is 21.5 Å². The maximum Gasteiger partial charge on any atom is 0.339 e. The fourth-order valence-corrected chi connectivity index (χ4v) is 2.59. The Balaban J connectivity index is 2.33. The first-order valence-electron chi connectivity index (χ1n) is 5.96. The fraction of sp³-hybridized carbons (Fsp3) is 0.0769. The standard InChI is InChI=1S/C13H12N2O6S/c1-20-9-2-4-10(5-3-9)21-22(18,19)11-6-7-12(14)13(8-11)15(16)17/h2-8H,14H2,1H3. The van der Waals surface area contributed by atoms with Crippen LogP contribution in [-0.4, -0.2) is 20.5 Å². The molecular weight excluding hydrogens is 312 g/mol. The van der Waals surface area contributed by atoms with Crippen molar-refractivity contribution in [2.45, 2.75) is 4.90 Å². The van der Waals surface area contributed by atoms with Crippen molar-refractivity contribution in [1.82, 2.24) is 0 Å². The summed E-state index contributed by atoms with van der Waals surface area (Å²) in [6.07, 6.45) is 0. The SMILES string of the molecule is COc1ccc(OS(=O)(=O)c2ccc(N)c([N+](=O)[O-])c2)cc1. The molecule has 22 heavy (non-hydrogen) atoms. The second-order valence-electron chi connectivity index (χ2n) is 4.19. The van der Waals surface area contributed by atoms with Gasteiger partial charge in [0.25, 0.3) is 5.69 Å². The number of anilines is 1. The molecule has 0 unspecified atom stereocenters. The lowest BCUT2D eigenvalue weighted by atomic mass is 10.3. The number of hydrogen-bond donors (Lipinski definition) is 1. The van der Waals surface area contributed by atoms with Gasteiger partial charge in [0, 0.05) is 6.07 Å². The lowest BCUT2D eigenvalue weighted by Gasteiger charge is -2.08. The van der Waals surface area contributed by atoms with Gasteiger partial charge in [0.1, 0.15) is 22.1 Å². The summed E-state index contributed by atoms with van der Waals surface area (Å²) < 4.78 is 34.1. The highest BCUT2D eigenvalue weighted by atomic mass is 32.2. The molecule has 2 rings (SSSR count). The number of ether oxygens (including phenoxy) is 1. The highest BCUT2D eigenvalue weighted by molar-refractivity contribution is 7.87. The molecule has 0 radical (unpaired) electrons. The Morgan fingerprint density at radius 2 is 1.68 bits per heavy atom. The highest BCUT2D eigenvalue weighted by Gasteiger charge is 2.22. The molecule has 2 aromatic carbocycles. The van der Waals surface area contributed by atoms with Crippen molar-refractivity contribution in [2.24, 2.45) is 0 Å². The minimum Gasteiger partial charge on any atom is -0.497 e. The minimum absolute atomic E-state index is 0.0558. The number of benzene rings is 2. The van der Waals surface area contributed by atoms with E-state index >= 15 is 0 Å². The third-order valence-electron chi connectivity index (χ3n) is 2.75. The van der Waals surface area contributed by atoms with Gasteiger partial charge in [-0.2, -0.15) is 8.42 Å². The summed E-state index contributed by atoms with van der Waals surface area (Å²) in [5.41, 5.74) is 4.80. The third kappa shape index (κ3) is 3.26. The van der Waals surface area contributed by atoms with E-state index in [4.69, 9.17) is 14.7 Å². The number of nitrogens with two attached hydrogens (primary N) is 1. The van der Waals surface area contributed by atoms with Crippen LogP contribution in [0.25, 0.3) is 0 Å². The first-order valence-corrected chi connectivity index (χ1v) is 7.37. The molecule has 2 N–H and O–H groups in total. The zero-order valence-electron chi connectivity index (χ0n) is 11.4. The molecule has 9 heteroatoms. The largest absolute Gasteiger partial charge is 0.497 e. The average Bonchev–Trinajstić information content (AvgIpc) is 2.47. The minimum atomic E-state index is -4.21. The number of hydrogen-bond acceptors (Lipinski definition) is 7. The van der Waals surface area contributed by atoms with Crippen LogP contribution in [-0.2, 0) is 10.1 Å². The smallest absolute Gasteiger partial charge is 0.339 e. The maximum atomic E-state index is 12.1. The molecule has 0 saturated carbocycles. The topological polar surface area (TPSA) is 122 Å². The lowest BCUT2D eigenvalue weighted by molar-refractivity contribution is -0.384. The van der Waals surface area contributed by atoms with E-state index in [2.05, 4.69) is 0 Å². The van der Waals surface area contributed by atoms with Crippen LogP contribution < -0.4 is 14.7 Å². The van der Waals surface area contributed by atoms with Gasteiger partial charge in [0.05, 0.1) is 12.0 Å². The van der Waals surface area contributed by atoms with Crippen molar-refractivity contribution < 1.29 is 22.3 Å². The lowest BCUT2D eigenvalue weighted by Crippen LogP contribution is -2.10. The van der Waals surface area contributed by atoms with Crippen LogP contribution in [0.4, 0.5) is 11.4 Å². The van der Waals surface area contributed by atoms with E-state index < -0.39 is 20.7 Å². The predicted molar refractivity (Wildman–Crippen MR) is 78.3 cm³/mol. The van der Waals surface area contributed by atoms with E-state index in [9.17, 15) is 18.5 Å². The van der Waals surface area contributed by atoms with Crippen LogP contribution in [0.5, 0.6) is 11.5 Å². The molecule has 0 bridgehead atoms. The average molecular weight is 324 g/mol. The monoisotopic (exact) mass is 324 g/mol. The molecule has 0 aliphatic heterocycles. The van der Waals surface area contributed by atoms with Crippen LogP contribution in [0.3, 0.4) is 0 Å². The molecule has 0 aliphatic carbocycles. The Morgan fingerprint density at radius 1 is 1.09 bits per heavy atom. The van der Waals surface area contributed by atoms with Gasteiger partial charge < -0.3 is 14.7 Å². The molecule has 8 nitrogen and oxygen atoms in total. The third-order valence-corrected chi connectivity index (χ3v) is 4.00. The van der Waals surface area contributed by atoms with E-state index in [0.717, 1.165) is 18.2 Å². The molecule has 116 valence electrons. The van der Waals surface area contributed by atoms with E-state index in [-0.39, 0.29) is 16.3 Å². The van der Waals surface area contributed by atoms with Gasteiger partial charge in [-0.25, -0.2) is 0 Å². The molecule has 0 fully saturated rings. The zero-order chi connectivity index (χ0) is 16.3. The Morgan fingerprint density at radius 3 is 2.23 bits per heavy atom. The van der Waals surface area contributed by atoms with Crippen molar-refractivity contribution in [2.75, 3.05) is 12.8 Å². The van der Waals surface area contributed by atoms with Crippen LogP contribution >= 0.6 is 0 Å². The first-order chi connectivity index (χ1) is 10.3. The predicted octanol–water partition coefficient (Wildman–Crippen LogP) is 1.95. The van der Waals surface area contributed by atoms with Crippen LogP contribution in [0.15, 0.2) is 47.4 Å². The van der Waals surface area contributed by atoms with Gasteiger partial charge in [-0.3, -0.25) is 10.1 Å². The summed E-state index contributed by atoms with van der Waals surface area (Å²) in [4.78, 5) is 9.69. The quantitative estimate of drug-likeness (QED) is 0.386. The highest BCUT2D eigenvalue weighted by Crippen LogP contribution is 2.27. The molecular formula is C13H12N2O6S. The van der Waals surface area contributed by atoms with Gasteiger partial charge in [-0.1, -0.05) is 0 Å². The number of nitro groups is 1. The summed E-state index contributed by atoms with van der Waals surface area (Å²) in [5.74, 6) is 0.591. The van der Waals surface area contributed by atoms with Gasteiger partial charge in [-0.15, -0.1) is 0 Å². The number of nitrogens with zero attached hydrogens (tertiary/aromatic N) is 1. The van der Waals surface area contributed by atoms with E-state index in [1.165, 1.54) is 31.4 Å². The molecule has 2 aromatic rings. The van der Waals surface area contributed by atoms with Gasteiger partial charge >= 0.3 is 10.1 Å². The first kappa shape index (κ1) is 15.6. The Kier molecular flexibility index (Phi) is 4.18. The molecule has 0 spiro atoms. The van der Waals surface area contributed by atoms with Gasteiger partial charge in [0.15, 0.2) is 0 Å². The van der Waals surface area contributed by atoms with Gasteiger partial charge in [-0.05, 0) is 36.4 Å². The second kappa shape index (κ2) is 5.90. The van der Waals surface area contributed by atoms with Crippen LogP contribution in [0.1, 0.15) is 0 Å². The number of methoxy groups -OCH3 is 1. The van der Waals surface area contributed by atoms with E-state index in [0.29, 0.717) is 5.75 Å².